The zero-order chi connectivity index (χ0) is 18.5. The van der Waals surface area contributed by atoms with Crippen molar-refractivity contribution in [3.8, 4) is 5.75 Å². The Morgan fingerprint density at radius 1 is 1.27 bits per heavy atom. The molecule has 5 nitrogen and oxygen atoms in total. The fourth-order valence-electron chi connectivity index (χ4n) is 3.74. The van der Waals surface area contributed by atoms with Crippen molar-refractivity contribution < 1.29 is 5.11 Å². The molecular weight excluding hydrogens is 324 g/mol. The van der Waals surface area contributed by atoms with Gasteiger partial charge in [0.25, 0.3) is 0 Å². The molecule has 1 unspecified atom stereocenters. The van der Waals surface area contributed by atoms with E-state index >= 15 is 0 Å². The lowest BCUT2D eigenvalue weighted by molar-refractivity contribution is 0.423. The third-order valence-electron chi connectivity index (χ3n) is 5.43. The maximum atomic E-state index is 9.58. The Bertz CT molecular complexity index is 728. The highest BCUT2D eigenvalue weighted by molar-refractivity contribution is 5.34. The smallest absolute Gasteiger partial charge is 0.225 e. The summed E-state index contributed by atoms with van der Waals surface area (Å²) in [7, 11) is 2.12. The minimum Gasteiger partial charge on any atom is -0.508 e. The molecular formula is C21H30N4O. The number of aromatic nitrogens is 2. The standard InChI is InChI=1S/C21H30N4O/c1-15(22-13-17-8-7-11-19(26)12-17)20-14-23-21(24-16(20)2)25(3)18-9-5-4-6-10-18/h7-8,11-12,14-15,18,22,26H,4-6,9-10,13H2,1-3H3. The number of nitrogens with one attached hydrogen (secondary N) is 1. The highest BCUT2D eigenvalue weighted by Crippen LogP contribution is 2.25. The van der Waals surface area contributed by atoms with Crippen LogP contribution in [0.1, 0.15) is 61.9 Å². The molecule has 2 aromatic rings. The van der Waals surface area contributed by atoms with Crippen LogP contribution in [0.5, 0.6) is 5.75 Å². The fourth-order valence-corrected chi connectivity index (χ4v) is 3.74. The third-order valence-corrected chi connectivity index (χ3v) is 5.43. The second-order valence-corrected chi connectivity index (χ2v) is 7.39. The molecule has 1 saturated carbocycles. The molecule has 0 bridgehead atoms. The van der Waals surface area contributed by atoms with E-state index in [1.165, 1.54) is 32.1 Å². The number of hydrogen-bond acceptors (Lipinski definition) is 5. The van der Waals surface area contributed by atoms with Crippen molar-refractivity contribution in [3.05, 3.63) is 47.3 Å². The largest absolute Gasteiger partial charge is 0.508 e. The molecule has 5 heteroatoms. The first-order valence-electron chi connectivity index (χ1n) is 9.62. The average Bonchev–Trinajstić information content (AvgIpc) is 2.66. The summed E-state index contributed by atoms with van der Waals surface area (Å²) in [6, 6.07) is 8.05. The van der Waals surface area contributed by atoms with Gasteiger partial charge in [0.05, 0.1) is 0 Å². The number of aryl methyl sites for hydroxylation is 1. The van der Waals surface area contributed by atoms with Crippen molar-refractivity contribution in [2.45, 2.75) is 64.6 Å². The van der Waals surface area contributed by atoms with Crippen molar-refractivity contribution in [2.24, 2.45) is 0 Å². The normalized spacial score (nSPS) is 16.4. The Balaban J connectivity index is 1.64. The highest BCUT2D eigenvalue weighted by Gasteiger charge is 2.21. The fraction of sp³-hybridized carbons (Fsp3) is 0.524. The van der Waals surface area contributed by atoms with Crippen molar-refractivity contribution >= 4 is 5.95 Å². The first-order chi connectivity index (χ1) is 12.5. The van der Waals surface area contributed by atoms with Crippen molar-refractivity contribution in [3.63, 3.8) is 0 Å². The lowest BCUT2D eigenvalue weighted by atomic mass is 9.95. The molecule has 140 valence electrons. The number of benzene rings is 1. The number of phenolic OH excluding ortho intramolecular Hbond substituents is 1. The Labute approximate surface area is 156 Å². The summed E-state index contributed by atoms with van der Waals surface area (Å²) in [5.41, 5.74) is 3.20. The van der Waals surface area contributed by atoms with Crippen LogP contribution in [0.25, 0.3) is 0 Å². The van der Waals surface area contributed by atoms with E-state index in [0.717, 1.165) is 22.8 Å². The van der Waals surface area contributed by atoms with E-state index in [0.29, 0.717) is 18.3 Å². The molecule has 1 aromatic carbocycles. The second-order valence-electron chi connectivity index (χ2n) is 7.39. The molecule has 0 aliphatic heterocycles. The lowest BCUT2D eigenvalue weighted by Crippen LogP contribution is -2.34. The van der Waals surface area contributed by atoms with Gasteiger partial charge in [0.15, 0.2) is 0 Å². The van der Waals surface area contributed by atoms with E-state index in [1.54, 1.807) is 12.1 Å². The summed E-state index contributed by atoms with van der Waals surface area (Å²) in [5, 5.41) is 13.1. The third kappa shape index (κ3) is 4.52. The van der Waals surface area contributed by atoms with Crippen LogP contribution < -0.4 is 10.2 Å². The first-order valence-corrected chi connectivity index (χ1v) is 9.62. The minimum absolute atomic E-state index is 0.145. The van der Waals surface area contributed by atoms with Crippen LogP contribution in [0, 0.1) is 6.92 Å². The Morgan fingerprint density at radius 2 is 2.04 bits per heavy atom. The van der Waals surface area contributed by atoms with E-state index in [1.807, 2.05) is 18.3 Å². The molecule has 0 spiro atoms. The minimum atomic E-state index is 0.145. The molecule has 0 amide bonds. The number of aromatic hydroxyl groups is 1. The lowest BCUT2D eigenvalue weighted by Gasteiger charge is -2.31. The summed E-state index contributed by atoms with van der Waals surface area (Å²) >= 11 is 0. The zero-order valence-electron chi connectivity index (χ0n) is 16.1. The number of hydrogen-bond donors (Lipinski definition) is 2. The molecule has 26 heavy (non-hydrogen) atoms. The Morgan fingerprint density at radius 3 is 2.73 bits per heavy atom. The van der Waals surface area contributed by atoms with E-state index in [4.69, 9.17) is 4.98 Å². The van der Waals surface area contributed by atoms with Gasteiger partial charge >= 0.3 is 0 Å². The van der Waals surface area contributed by atoms with Crippen LogP contribution >= 0.6 is 0 Å². The summed E-state index contributed by atoms with van der Waals surface area (Å²) in [4.78, 5) is 11.7. The molecule has 2 N–H and O–H groups in total. The molecule has 3 rings (SSSR count). The Kier molecular flexibility index (Phi) is 6.09. The summed E-state index contributed by atoms with van der Waals surface area (Å²) in [5.74, 6) is 1.13. The summed E-state index contributed by atoms with van der Waals surface area (Å²) in [6.45, 7) is 4.87. The van der Waals surface area contributed by atoms with Gasteiger partial charge in [0.1, 0.15) is 5.75 Å². The van der Waals surface area contributed by atoms with Crippen LogP contribution in [-0.4, -0.2) is 28.2 Å². The van der Waals surface area contributed by atoms with Crippen LogP contribution in [0.2, 0.25) is 0 Å². The zero-order valence-corrected chi connectivity index (χ0v) is 16.1. The second kappa shape index (κ2) is 8.49. The van der Waals surface area contributed by atoms with E-state index < -0.39 is 0 Å². The molecule has 1 aromatic heterocycles. The van der Waals surface area contributed by atoms with Gasteiger partial charge in [-0.1, -0.05) is 31.4 Å². The number of phenols is 1. The first kappa shape index (κ1) is 18.6. The molecule has 1 heterocycles. The number of nitrogens with zero attached hydrogens (tertiary/aromatic N) is 3. The van der Waals surface area contributed by atoms with E-state index in [2.05, 4.69) is 36.1 Å². The van der Waals surface area contributed by atoms with E-state index in [9.17, 15) is 5.11 Å². The monoisotopic (exact) mass is 354 g/mol. The van der Waals surface area contributed by atoms with Gasteiger partial charge in [0, 0.05) is 43.1 Å². The van der Waals surface area contributed by atoms with Crippen LogP contribution in [0.4, 0.5) is 5.95 Å². The van der Waals surface area contributed by atoms with Gasteiger partial charge in [-0.15, -0.1) is 0 Å². The van der Waals surface area contributed by atoms with Crippen LogP contribution in [-0.2, 0) is 6.54 Å². The van der Waals surface area contributed by atoms with Gasteiger partial charge in [-0.25, -0.2) is 9.97 Å². The van der Waals surface area contributed by atoms with Gasteiger partial charge in [0.2, 0.25) is 5.95 Å². The molecule has 1 aliphatic rings. The molecule has 0 saturated heterocycles. The predicted molar refractivity (Wildman–Crippen MR) is 105 cm³/mol. The Hall–Kier alpha value is -2.14. The highest BCUT2D eigenvalue weighted by atomic mass is 16.3. The van der Waals surface area contributed by atoms with Crippen molar-refractivity contribution in [1.29, 1.82) is 0 Å². The topological polar surface area (TPSA) is 61.3 Å². The maximum absolute atomic E-state index is 9.58. The van der Waals surface area contributed by atoms with Gasteiger partial charge in [-0.3, -0.25) is 0 Å². The summed E-state index contributed by atoms with van der Waals surface area (Å²) in [6.07, 6.45) is 8.40. The van der Waals surface area contributed by atoms with Gasteiger partial charge in [-0.2, -0.15) is 0 Å². The molecule has 1 aliphatic carbocycles. The maximum Gasteiger partial charge on any atom is 0.225 e. The van der Waals surface area contributed by atoms with Gasteiger partial charge in [-0.05, 0) is 44.4 Å². The molecule has 1 fully saturated rings. The van der Waals surface area contributed by atoms with Crippen molar-refractivity contribution in [2.75, 3.05) is 11.9 Å². The van der Waals surface area contributed by atoms with Crippen LogP contribution in [0.3, 0.4) is 0 Å². The average molecular weight is 354 g/mol. The quantitative estimate of drug-likeness (QED) is 0.817. The molecule has 1 atom stereocenters. The number of rotatable bonds is 6. The van der Waals surface area contributed by atoms with E-state index in [-0.39, 0.29) is 6.04 Å². The SMILES string of the molecule is Cc1nc(N(C)C2CCCCC2)ncc1C(C)NCc1cccc(O)c1. The summed E-state index contributed by atoms with van der Waals surface area (Å²) < 4.78 is 0. The molecule has 0 radical (unpaired) electrons. The van der Waals surface area contributed by atoms with Crippen LogP contribution in [0.15, 0.2) is 30.5 Å². The predicted octanol–water partition coefficient (Wildman–Crippen LogP) is 4.11. The number of anilines is 1. The van der Waals surface area contributed by atoms with Gasteiger partial charge < -0.3 is 15.3 Å². The van der Waals surface area contributed by atoms with Crippen molar-refractivity contribution in [1.82, 2.24) is 15.3 Å².